The Morgan fingerprint density at radius 1 is 1.36 bits per heavy atom. The molecule has 0 radical (unpaired) electrons. The molecule has 1 aromatic carbocycles. The molecule has 0 heterocycles. The fourth-order valence-electron chi connectivity index (χ4n) is 1.88. The summed E-state index contributed by atoms with van der Waals surface area (Å²) < 4.78 is 0. The minimum absolute atomic E-state index is 0. The van der Waals surface area contributed by atoms with Gasteiger partial charge in [-0.05, 0) is 12.5 Å². The molecule has 0 bridgehead atoms. The zero-order valence-electron chi connectivity index (χ0n) is 15.2. The molecule has 1 amide bonds. The van der Waals surface area contributed by atoms with Gasteiger partial charge in [-0.3, -0.25) is 4.79 Å². The summed E-state index contributed by atoms with van der Waals surface area (Å²) in [6.45, 7) is 6.70. The number of amides is 1. The fraction of sp³-hybridized carbons (Fsp3) is 0.444. The van der Waals surface area contributed by atoms with Crippen LogP contribution in [0.25, 0.3) is 0 Å². The van der Waals surface area contributed by atoms with Gasteiger partial charge in [-0.25, -0.2) is 4.99 Å². The lowest BCUT2D eigenvalue weighted by atomic mass is 10.1. The Labute approximate surface area is 172 Å². The molecule has 1 rings (SSSR count). The molecule has 0 saturated carbocycles. The van der Waals surface area contributed by atoms with Gasteiger partial charge in [0.05, 0.1) is 6.04 Å². The quantitative estimate of drug-likeness (QED) is 0.189. The zero-order valence-corrected chi connectivity index (χ0v) is 18.3. The van der Waals surface area contributed by atoms with Gasteiger partial charge < -0.3 is 15.5 Å². The third-order valence-electron chi connectivity index (χ3n) is 3.30. The van der Waals surface area contributed by atoms with Crippen molar-refractivity contribution in [3.05, 3.63) is 48.6 Å². The molecule has 1 atom stereocenters. The normalized spacial score (nSPS) is 11.9. The van der Waals surface area contributed by atoms with E-state index in [1.807, 2.05) is 24.3 Å². The summed E-state index contributed by atoms with van der Waals surface area (Å²) in [6, 6.07) is 10.3. The lowest BCUT2D eigenvalue weighted by Gasteiger charge is -2.19. The number of benzene rings is 1. The largest absolute Gasteiger partial charge is 0.356 e. The molecule has 0 aliphatic rings. The number of hydrogen-bond donors (Lipinski definition) is 2. The maximum absolute atomic E-state index is 11.8. The summed E-state index contributed by atoms with van der Waals surface area (Å²) in [5, 5.41) is 6.64. The SMILES string of the molecule is C=CCSCCNC(=NCC(=O)N(C)C)NC(C)c1ccccc1.I. The fourth-order valence-corrected chi connectivity index (χ4v) is 2.46. The highest BCUT2D eigenvalue weighted by molar-refractivity contribution is 14.0. The minimum atomic E-state index is -0.0236. The molecular weight excluding hydrogens is 447 g/mol. The number of carbonyl (C=O) groups is 1. The summed E-state index contributed by atoms with van der Waals surface area (Å²) in [4.78, 5) is 17.7. The molecule has 25 heavy (non-hydrogen) atoms. The van der Waals surface area contributed by atoms with Gasteiger partial charge >= 0.3 is 0 Å². The number of thioether (sulfide) groups is 1. The van der Waals surface area contributed by atoms with Crippen molar-refractivity contribution in [2.75, 3.05) is 38.7 Å². The molecule has 0 fully saturated rings. The summed E-state index contributed by atoms with van der Waals surface area (Å²) in [5.74, 6) is 2.51. The summed E-state index contributed by atoms with van der Waals surface area (Å²) in [5.41, 5.74) is 1.17. The number of halogens is 1. The monoisotopic (exact) mass is 476 g/mol. The molecule has 7 heteroatoms. The lowest BCUT2D eigenvalue weighted by Crippen LogP contribution is -2.40. The van der Waals surface area contributed by atoms with E-state index in [-0.39, 0.29) is 42.5 Å². The second-order valence-corrected chi connectivity index (χ2v) is 6.67. The van der Waals surface area contributed by atoms with Crippen LogP contribution in [0.1, 0.15) is 18.5 Å². The summed E-state index contributed by atoms with van der Waals surface area (Å²) in [6.07, 6.45) is 1.89. The molecule has 140 valence electrons. The van der Waals surface area contributed by atoms with Crippen LogP contribution in [-0.4, -0.2) is 55.5 Å². The maximum atomic E-state index is 11.8. The van der Waals surface area contributed by atoms with Crippen LogP contribution in [0.5, 0.6) is 0 Å². The van der Waals surface area contributed by atoms with Crippen LogP contribution in [0.15, 0.2) is 48.0 Å². The first-order valence-corrected chi connectivity index (χ1v) is 9.18. The van der Waals surface area contributed by atoms with Gasteiger partial charge in [0.15, 0.2) is 5.96 Å². The van der Waals surface area contributed by atoms with E-state index in [2.05, 4.69) is 41.3 Å². The molecule has 0 aliphatic carbocycles. The van der Waals surface area contributed by atoms with Crippen LogP contribution >= 0.6 is 35.7 Å². The van der Waals surface area contributed by atoms with Gasteiger partial charge in [-0.1, -0.05) is 36.4 Å². The first-order chi connectivity index (χ1) is 11.5. The van der Waals surface area contributed by atoms with E-state index in [1.54, 1.807) is 30.8 Å². The van der Waals surface area contributed by atoms with Crippen LogP contribution in [0.3, 0.4) is 0 Å². The van der Waals surface area contributed by atoms with Gasteiger partial charge in [0.25, 0.3) is 0 Å². The summed E-state index contributed by atoms with van der Waals surface area (Å²) in [7, 11) is 3.47. The highest BCUT2D eigenvalue weighted by Gasteiger charge is 2.09. The molecular formula is C18H29IN4OS. The minimum Gasteiger partial charge on any atom is -0.356 e. The Kier molecular flexibility index (Phi) is 13.3. The number of nitrogens with one attached hydrogen (secondary N) is 2. The summed E-state index contributed by atoms with van der Waals surface area (Å²) >= 11 is 1.80. The standard InChI is InChI=1S/C18H28N4OS.HI/c1-5-12-24-13-11-19-18(20-14-17(23)22(3)4)21-15(2)16-9-7-6-8-10-16;/h5-10,15H,1,11-14H2,2-4H3,(H2,19,20,21);1H. The van der Waals surface area contributed by atoms with E-state index < -0.39 is 0 Å². The molecule has 1 unspecified atom stereocenters. The molecule has 1 aromatic rings. The number of nitrogens with zero attached hydrogens (tertiary/aromatic N) is 2. The van der Waals surface area contributed by atoms with Crippen molar-refractivity contribution in [2.24, 2.45) is 4.99 Å². The first-order valence-electron chi connectivity index (χ1n) is 8.03. The van der Waals surface area contributed by atoms with Crippen LogP contribution in [0.2, 0.25) is 0 Å². The predicted octanol–water partition coefficient (Wildman–Crippen LogP) is 2.91. The number of carbonyl (C=O) groups excluding carboxylic acids is 1. The zero-order chi connectivity index (χ0) is 17.8. The van der Waals surface area contributed by atoms with Crippen molar-refractivity contribution < 1.29 is 4.79 Å². The number of aliphatic imine (C=N–C) groups is 1. The van der Waals surface area contributed by atoms with E-state index in [0.29, 0.717) is 5.96 Å². The van der Waals surface area contributed by atoms with E-state index >= 15 is 0 Å². The van der Waals surface area contributed by atoms with Crippen molar-refractivity contribution in [2.45, 2.75) is 13.0 Å². The highest BCUT2D eigenvalue weighted by Crippen LogP contribution is 2.10. The van der Waals surface area contributed by atoms with E-state index in [4.69, 9.17) is 0 Å². The van der Waals surface area contributed by atoms with E-state index in [9.17, 15) is 4.79 Å². The van der Waals surface area contributed by atoms with Gasteiger partial charge in [-0.2, -0.15) is 11.8 Å². The van der Waals surface area contributed by atoms with Crippen LogP contribution in [0.4, 0.5) is 0 Å². The van der Waals surface area contributed by atoms with Gasteiger partial charge in [0, 0.05) is 32.1 Å². The highest BCUT2D eigenvalue weighted by atomic mass is 127. The molecule has 2 N–H and O–H groups in total. The second-order valence-electron chi connectivity index (χ2n) is 5.52. The van der Waals surface area contributed by atoms with E-state index in [1.165, 1.54) is 5.56 Å². The second kappa shape index (κ2) is 14.0. The molecule has 0 saturated heterocycles. The van der Waals surface area contributed by atoms with Crippen molar-refractivity contribution >= 4 is 47.6 Å². The Bertz CT molecular complexity index is 537. The smallest absolute Gasteiger partial charge is 0.243 e. The molecule has 0 aromatic heterocycles. The average molecular weight is 476 g/mol. The predicted molar refractivity (Wildman–Crippen MR) is 120 cm³/mol. The number of likely N-dealkylation sites (N-methyl/N-ethyl adjacent to an activating group) is 1. The van der Waals surface area contributed by atoms with E-state index in [0.717, 1.165) is 18.1 Å². The molecule has 0 aliphatic heterocycles. The number of hydrogen-bond acceptors (Lipinski definition) is 3. The van der Waals surface area contributed by atoms with Crippen LogP contribution in [0, 0.1) is 0 Å². The van der Waals surface area contributed by atoms with Gasteiger partial charge in [-0.15, -0.1) is 30.6 Å². The Hall–Kier alpha value is -1.22. The maximum Gasteiger partial charge on any atom is 0.243 e. The van der Waals surface area contributed by atoms with Gasteiger partial charge in [0.2, 0.25) is 5.91 Å². The lowest BCUT2D eigenvalue weighted by molar-refractivity contribution is -0.127. The molecule has 5 nitrogen and oxygen atoms in total. The van der Waals surface area contributed by atoms with Crippen molar-refractivity contribution in [1.82, 2.24) is 15.5 Å². The Balaban J connectivity index is 0.00000576. The van der Waals surface area contributed by atoms with Gasteiger partial charge in [0.1, 0.15) is 6.54 Å². The van der Waals surface area contributed by atoms with Crippen molar-refractivity contribution in [3.63, 3.8) is 0 Å². The third kappa shape index (κ3) is 10.4. The van der Waals surface area contributed by atoms with Crippen molar-refractivity contribution in [1.29, 1.82) is 0 Å². The average Bonchev–Trinajstić information content (AvgIpc) is 2.59. The van der Waals surface area contributed by atoms with Crippen LogP contribution in [-0.2, 0) is 4.79 Å². The van der Waals surface area contributed by atoms with Crippen LogP contribution < -0.4 is 10.6 Å². The molecule has 0 spiro atoms. The Morgan fingerprint density at radius 3 is 2.64 bits per heavy atom. The topological polar surface area (TPSA) is 56.7 Å². The first kappa shape index (κ1) is 23.8. The number of rotatable bonds is 9. The Morgan fingerprint density at radius 2 is 2.04 bits per heavy atom. The number of guanidine groups is 1. The third-order valence-corrected chi connectivity index (χ3v) is 4.26. The van der Waals surface area contributed by atoms with Crippen molar-refractivity contribution in [3.8, 4) is 0 Å².